The summed E-state index contributed by atoms with van der Waals surface area (Å²) in [6, 6.07) is 5.29. The van der Waals surface area contributed by atoms with Gasteiger partial charge in [0.25, 0.3) is 0 Å². The van der Waals surface area contributed by atoms with Crippen molar-refractivity contribution >= 4 is 12.6 Å². The predicted molar refractivity (Wildman–Crippen MR) is 54.8 cm³/mol. The van der Waals surface area contributed by atoms with E-state index in [4.69, 9.17) is 14.8 Å². The Morgan fingerprint density at radius 1 is 1.36 bits per heavy atom. The maximum Gasteiger partial charge on any atom is 0.488 e. The second-order valence-electron chi connectivity index (χ2n) is 3.65. The molecule has 14 heavy (non-hydrogen) atoms. The van der Waals surface area contributed by atoms with E-state index < -0.39 is 7.12 Å². The third kappa shape index (κ3) is 1.76. The Labute approximate surface area is 83.5 Å². The van der Waals surface area contributed by atoms with Gasteiger partial charge in [0.15, 0.2) is 0 Å². The quantitative estimate of drug-likeness (QED) is 0.675. The van der Waals surface area contributed by atoms with Crippen molar-refractivity contribution < 1.29 is 14.8 Å². The van der Waals surface area contributed by atoms with Gasteiger partial charge in [0, 0.05) is 0 Å². The van der Waals surface area contributed by atoms with Gasteiger partial charge in [-0.05, 0) is 35.9 Å². The molecule has 0 radical (unpaired) electrons. The van der Waals surface area contributed by atoms with E-state index in [1.54, 1.807) is 19.2 Å². The van der Waals surface area contributed by atoms with Gasteiger partial charge in [0.2, 0.25) is 0 Å². The molecule has 1 aromatic rings. The molecule has 2 N–H and O–H groups in total. The molecule has 0 aromatic heterocycles. The highest BCUT2D eigenvalue weighted by Crippen LogP contribution is 2.43. The fourth-order valence-corrected chi connectivity index (χ4v) is 1.63. The molecule has 2 rings (SSSR count). The van der Waals surface area contributed by atoms with Gasteiger partial charge in [0.1, 0.15) is 5.75 Å². The molecule has 1 fully saturated rings. The van der Waals surface area contributed by atoms with E-state index in [9.17, 15) is 0 Å². The summed E-state index contributed by atoms with van der Waals surface area (Å²) in [6.45, 7) is 0. The van der Waals surface area contributed by atoms with E-state index in [-0.39, 0.29) is 0 Å². The van der Waals surface area contributed by atoms with Crippen molar-refractivity contribution in [1.82, 2.24) is 0 Å². The second kappa shape index (κ2) is 3.63. The lowest BCUT2D eigenvalue weighted by Crippen LogP contribution is -2.29. The largest absolute Gasteiger partial charge is 0.496 e. The van der Waals surface area contributed by atoms with Crippen molar-refractivity contribution in [3.63, 3.8) is 0 Å². The third-order valence-electron chi connectivity index (χ3n) is 2.57. The number of rotatable bonds is 3. The van der Waals surface area contributed by atoms with Crippen LogP contribution in [0.3, 0.4) is 0 Å². The Morgan fingerprint density at radius 3 is 2.57 bits per heavy atom. The first-order valence-electron chi connectivity index (χ1n) is 4.76. The van der Waals surface area contributed by atoms with Crippen LogP contribution in [0, 0.1) is 0 Å². The van der Waals surface area contributed by atoms with E-state index in [2.05, 4.69) is 0 Å². The zero-order valence-electron chi connectivity index (χ0n) is 8.10. The molecule has 0 aliphatic heterocycles. The van der Waals surface area contributed by atoms with Gasteiger partial charge in [-0.1, -0.05) is 12.1 Å². The van der Waals surface area contributed by atoms with Crippen LogP contribution >= 0.6 is 0 Å². The minimum atomic E-state index is -1.39. The van der Waals surface area contributed by atoms with Gasteiger partial charge < -0.3 is 14.8 Å². The van der Waals surface area contributed by atoms with Crippen LogP contribution in [0.5, 0.6) is 5.75 Å². The summed E-state index contributed by atoms with van der Waals surface area (Å²) < 4.78 is 5.22. The zero-order valence-corrected chi connectivity index (χ0v) is 8.10. The smallest absolute Gasteiger partial charge is 0.488 e. The summed E-state index contributed by atoms with van der Waals surface area (Å²) in [4.78, 5) is 0. The fraction of sp³-hybridized carbons (Fsp3) is 0.400. The van der Waals surface area contributed by atoms with Gasteiger partial charge in [-0.3, -0.25) is 0 Å². The minimum absolute atomic E-state index is 0.535. The Hall–Kier alpha value is -0.995. The van der Waals surface area contributed by atoms with Crippen LogP contribution in [0.25, 0.3) is 0 Å². The number of hydrogen-bond acceptors (Lipinski definition) is 3. The lowest BCUT2D eigenvalue weighted by Gasteiger charge is -2.09. The molecule has 4 heteroatoms. The summed E-state index contributed by atoms with van der Waals surface area (Å²) in [6.07, 6.45) is 2.34. The van der Waals surface area contributed by atoms with Gasteiger partial charge in [0.05, 0.1) is 7.11 Å². The Morgan fingerprint density at radius 2 is 2.07 bits per heavy atom. The summed E-state index contributed by atoms with van der Waals surface area (Å²) in [5, 5.41) is 18.1. The first-order chi connectivity index (χ1) is 6.72. The summed E-state index contributed by atoms with van der Waals surface area (Å²) in [5.74, 6) is 1.39. The molecule has 0 spiro atoms. The average Bonchev–Trinajstić information content (AvgIpc) is 3.00. The van der Waals surface area contributed by atoms with Crippen LogP contribution < -0.4 is 10.2 Å². The monoisotopic (exact) mass is 192 g/mol. The van der Waals surface area contributed by atoms with Crippen molar-refractivity contribution in [3.8, 4) is 5.75 Å². The number of hydrogen-bond donors (Lipinski definition) is 2. The van der Waals surface area contributed by atoms with Crippen LogP contribution in [0.1, 0.15) is 24.3 Å². The number of methoxy groups -OCH3 is 1. The molecule has 0 bridgehead atoms. The third-order valence-corrected chi connectivity index (χ3v) is 2.57. The first-order valence-corrected chi connectivity index (χ1v) is 4.76. The van der Waals surface area contributed by atoms with Crippen molar-refractivity contribution in [3.05, 3.63) is 23.8 Å². The SMILES string of the molecule is COc1ccc(B(O)O)cc1C1CC1. The zero-order chi connectivity index (χ0) is 10.1. The number of ether oxygens (including phenoxy) is 1. The molecule has 0 unspecified atom stereocenters. The average molecular weight is 192 g/mol. The van der Waals surface area contributed by atoms with Crippen molar-refractivity contribution in [1.29, 1.82) is 0 Å². The van der Waals surface area contributed by atoms with Gasteiger partial charge in [-0.15, -0.1) is 0 Å². The van der Waals surface area contributed by atoms with E-state index in [1.165, 1.54) is 12.8 Å². The van der Waals surface area contributed by atoms with E-state index in [0.29, 0.717) is 11.4 Å². The van der Waals surface area contributed by atoms with E-state index in [1.807, 2.05) is 6.07 Å². The maximum absolute atomic E-state index is 9.03. The molecule has 0 saturated heterocycles. The van der Waals surface area contributed by atoms with Crippen LogP contribution in [0.2, 0.25) is 0 Å². The lowest BCUT2D eigenvalue weighted by molar-refractivity contribution is 0.409. The van der Waals surface area contributed by atoms with Crippen LogP contribution in [0.15, 0.2) is 18.2 Å². The molecule has 0 amide bonds. The Balaban J connectivity index is 2.36. The van der Waals surface area contributed by atoms with Crippen molar-refractivity contribution in [2.24, 2.45) is 0 Å². The first kappa shape index (κ1) is 9.56. The Bertz CT molecular complexity index is 334. The predicted octanol–water partition coefficient (Wildman–Crippen LogP) is 0.252. The summed E-state index contributed by atoms with van der Waals surface area (Å²) >= 11 is 0. The summed E-state index contributed by atoms with van der Waals surface area (Å²) in [5.41, 5.74) is 1.63. The van der Waals surface area contributed by atoms with E-state index in [0.717, 1.165) is 11.3 Å². The molecule has 1 aromatic carbocycles. The second-order valence-corrected chi connectivity index (χ2v) is 3.65. The normalized spacial score (nSPS) is 15.4. The molecule has 3 nitrogen and oxygen atoms in total. The molecule has 74 valence electrons. The van der Waals surface area contributed by atoms with Gasteiger partial charge in [-0.2, -0.15) is 0 Å². The van der Waals surface area contributed by atoms with Crippen LogP contribution in [-0.4, -0.2) is 24.3 Å². The van der Waals surface area contributed by atoms with Crippen molar-refractivity contribution in [2.75, 3.05) is 7.11 Å². The maximum atomic E-state index is 9.03. The van der Waals surface area contributed by atoms with Crippen LogP contribution in [0.4, 0.5) is 0 Å². The summed E-state index contributed by atoms with van der Waals surface area (Å²) in [7, 11) is 0.245. The molecule has 0 atom stereocenters. The highest BCUT2D eigenvalue weighted by atomic mass is 16.5. The Kier molecular flexibility index (Phi) is 2.48. The molecular weight excluding hydrogens is 179 g/mol. The van der Waals surface area contributed by atoms with Crippen LogP contribution in [-0.2, 0) is 0 Å². The van der Waals surface area contributed by atoms with Gasteiger partial charge in [-0.25, -0.2) is 0 Å². The minimum Gasteiger partial charge on any atom is -0.496 e. The molecule has 1 aliphatic carbocycles. The molecular formula is C10H13BO3. The van der Waals surface area contributed by atoms with E-state index >= 15 is 0 Å². The fourth-order valence-electron chi connectivity index (χ4n) is 1.63. The molecule has 0 heterocycles. The van der Waals surface area contributed by atoms with Crippen molar-refractivity contribution in [2.45, 2.75) is 18.8 Å². The topological polar surface area (TPSA) is 49.7 Å². The van der Waals surface area contributed by atoms with Gasteiger partial charge >= 0.3 is 7.12 Å². The number of benzene rings is 1. The highest BCUT2D eigenvalue weighted by Gasteiger charge is 2.27. The highest BCUT2D eigenvalue weighted by molar-refractivity contribution is 6.58. The lowest BCUT2D eigenvalue weighted by atomic mass is 9.79. The molecule has 1 saturated carbocycles. The standard InChI is InChI=1S/C10H13BO3/c1-14-10-5-4-8(11(12)13)6-9(10)7-2-3-7/h4-7,12-13H,2-3H2,1H3. The molecule has 1 aliphatic rings.